The van der Waals surface area contributed by atoms with Gasteiger partial charge in [-0.2, -0.15) is 0 Å². The molecule has 1 nitrogen and oxygen atoms in total. The first-order valence-electron chi connectivity index (χ1n) is 7.11. The van der Waals surface area contributed by atoms with Gasteiger partial charge in [0.15, 0.2) is 0 Å². The lowest BCUT2D eigenvalue weighted by Crippen LogP contribution is -2.29. The van der Waals surface area contributed by atoms with Crippen molar-refractivity contribution in [2.24, 2.45) is 17.6 Å². The van der Waals surface area contributed by atoms with E-state index in [0.717, 1.165) is 12.5 Å². The molecule has 1 aliphatic rings. The summed E-state index contributed by atoms with van der Waals surface area (Å²) in [6, 6.07) is 5.17. The molecule has 1 aliphatic carbocycles. The summed E-state index contributed by atoms with van der Waals surface area (Å²) in [4.78, 5) is 0. The molecule has 2 rings (SSSR count). The van der Waals surface area contributed by atoms with Gasteiger partial charge in [-0.1, -0.05) is 25.8 Å². The Bertz CT molecular complexity index is 402. The van der Waals surface area contributed by atoms with Gasteiger partial charge in [0, 0.05) is 0 Å². The van der Waals surface area contributed by atoms with Crippen LogP contribution in [0.4, 0.5) is 4.39 Å². The summed E-state index contributed by atoms with van der Waals surface area (Å²) >= 11 is 0. The minimum absolute atomic E-state index is 0.120. The van der Waals surface area contributed by atoms with Crippen LogP contribution in [0.2, 0.25) is 0 Å². The minimum atomic E-state index is -0.120. The number of benzene rings is 1. The summed E-state index contributed by atoms with van der Waals surface area (Å²) in [5.74, 6) is 1.63. The van der Waals surface area contributed by atoms with E-state index in [4.69, 9.17) is 5.73 Å². The first-order chi connectivity index (χ1) is 8.65. The molecule has 18 heavy (non-hydrogen) atoms. The molecule has 100 valence electrons. The Labute approximate surface area is 110 Å². The number of aryl methyl sites for hydroxylation is 1. The predicted octanol–water partition coefficient (Wildman–Crippen LogP) is 4.00. The van der Waals surface area contributed by atoms with Crippen LogP contribution in [-0.4, -0.2) is 6.54 Å². The fourth-order valence-electron chi connectivity index (χ4n) is 3.36. The van der Waals surface area contributed by atoms with E-state index in [1.54, 1.807) is 12.1 Å². The number of hydrogen-bond acceptors (Lipinski definition) is 1. The molecule has 0 amide bonds. The zero-order valence-corrected chi connectivity index (χ0v) is 11.5. The Kier molecular flexibility index (Phi) is 4.39. The van der Waals surface area contributed by atoms with Crippen molar-refractivity contribution >= 4 is 0 Å². The molecule has 1 fully saturated rings. The summed E-state index contributed by atoms with van der Waals surface area (Å²) < 4.78 is 13.5. The number of rotatable bonds is 3. The normalized spacial score (nSPS) is 28.3. The highest BCUT2D eigenvalue weighted by molar-refractivity contribution is 5.31. The van der Waals surface area contributed by atoms with Gasteiger partial charge in [-0.25, -0.2) is 4.39 Å². The van der Waals surface area contributed by atoms with Gasteiger partial charge in [0.05, 0.1) is 0 Å². The van der Waals surface area contributed by atoms with Gasteiger partial charge in [0.25, 0.3) is 0 Å². The monoisotopic (exact) mass is 249 g/mol. The van der Waals surface area contributed by atoms with Gasteiger partial charge in [0.1, 0.15) is 5.82 Å². The van der Waals surface area contributed by atoms with Crippen molar-refractivity contribution in [1.29, 1.82) is 0 Å². The van der Waals surface area contributed by atoms with Crippen LogP contribution in [0, 0.1) is 24.6 Å². The fourth-order valence-corrected chi connectivity index (χ4v) is 3.36. The maximum absolute atomic E-state index is 13.5. The summed E-state index contributed by atoms with van der Waals surface area (Å²) in [5, 5.41) is 0. The quantitative estimate of drug-likeness (QED) is 0.860. The van der Waals surface area contributed by atoms with Crippen LogP contribution in [-0.2, 0) is 0 Å². The van der Waals surface area contributed by atoms with Crippen LogP contribution in [0.3, 0.4) is 0 Å². The van der Waals surface area contributed by atoms with Gasteiger partial charge < -0.3 is 5.73 Å². The van der Waals surface area contributed by atoms with Gasteiger partial charge in [0.2, 0.25) is 0 Å². The minimum Gasteiger partial charge on any atom is -0.330 e. The molecule has 0 aliphatic heterocycles. The smallest absolute Gasteiger partial charge is 0.123 e. The van der Waals surface area contributed by atoms with Crippen molar-refractivity contribution in [1.82, 2.24) is 0 Å². The molecule has 1 aromatic carbocycles. The Morgan fingerprint density at radius 1 is 1.33 bits per heavy atom. The molecule has 0 spiro atoms. The van der Waals surface area contributed by atoms with Crippen molar-refractivity contribution in [2.45, 2.75) is 45.4 Å². The topological polar surface area (TPSA) is 26.0 Å². The van der Waals surface area contributed by atoms with E-state index in [1.165, 1.54) is 36.8 Å². The maximum atomic E-state index is 13.5. The number of nitrogens with two attached hydrogens (primary N) is 1. The molecule has 2 heteroatoms. The predicted molar refractivity (Wildman–Crippen MR) is 74.1 cm³/mol. The second-order valence-electron chi connectivity index (χ2n) is 5.69. The van der Waals surface area contributed by atoms with Crippen LogP contribution >= 0.6 is 0 Å². The first-order valence-corrected chi connectivity index (χ1v) is 7.11. The lowest BCUT2D eigenvalue weighted by molar-refractivity contribution is 0.235. The van der Waals surface area contributed by atoms with E-state index in [-0.39, 0.29) is 5.82 Å². The van der Waals surface area contributed by atoms with Gasteiger partial charge in [-0.3, -0.25) is 0 Å². The van der Waals surface area contributed by atoms with Crippen LogP contribution in [0.1, 0.15) is 49.7 Å². The van der Waals surface area contributed by atoms with Crippen LogP contribution in [0.25, 0.3) is 0 Å². The highest BCUT2D eigenvalue weighted by Gasteiger charge is 2.30. The highest BCUT2D eigenvalue weighted by Crippen LogP contribution is 2.42. The number of halogens is 1. The molecule has 1 saturated carbocycles. The van der Waals surface area contributed by atoms with E-state index in [1.807, 2.05) is 6.07 Å². The molecular weight excluding hydrogens is 225 g/mol. The van der Waals surface area contributed by atoms with E-state index in [0.29, 0.717) is 11.8 Å². The fraction of sp³-hybridized carbons (Fsp3) is 0.625. The molecule has 2 N–H and O–H groups in total. The molecule has 0 saturated heterocycles. The SMILES string of the molecule is CCC1CCC(CN)C(c2cc(F)ccc2C)C1. The van der Waals surface area contributed by atoms with Crippen molar-refractivity contribution in [3.05, 3.63) is 35.1 Å². The van der Waals surface area contributed by atoms with Crippen LogP contribution in [0.15, 0.2) is 18.2 Å². The third-order valence-corrected chi connectivity index (χ3v) is 4.62. The third-order valence-electron chi connectivity index (χ3n) is 4.62. The van der Waals surface area contributed by atoms with Crippen LogP contribution in [0.5, 0.6) is 0 Å². The summed E-state index contributed by atoms with van der Waals surface area (Å²) in [5.41, 5.74) is 8.30. The molecule has 3 unspecified atom stereocenters. The Hall–Kier alpha value is -0.890. The molecule has 0 radical (unpaired) electrons. The maximum Gasteiger partial charge on any atom is 0.123 e. The molecule has 0 bridgehead atoms. The lowest BCUT2D eigenvalue weighted by Gasteiger charge is -2.36. The Morgan fingerprint density at radius 3 is 2.78 bits per heavy atom. The number of hydrogen-bond donors (Lipinski definition) is 1. The molecule has 0 heterocycles. The summed E-state index contributed by atoms with van der Waals surface area (Å²) in [7, 11) is 0. The van der Waals surface area contributed by atoms with E-state index in [9.17, 15) is 4.39 Å². The highest BCUT2D eigenvalue weighted by atomic mass is 19.1. The van der Waals surface area contributed by atoms with Crippen molar-refractivity contribution in [2.75, 3.05) is 6.54 Å². The Balaban J connectivity index is 2.29. The van der Waals surface area contributed by atoms with E-state index >= 15 is 0 Å². The largest absolute Gasteiger partial charge is 0.330 e. The van der Waals surface area contributed by atoms with E-state index in [2.05, 4.69) is 13.8 Å². The third kappa shape index (κ3) is 2.74. The van der Waals surface area contributed by atoms with Crippen molar-refractivity contribution in [3.8, 4) is 0 Å². The van der Waals surface area contributed by atoms with Gasteiger partial charge in [-0.05, 0) is 67.3 Å². The second kappa shape index (κ2) is 5.83. The van der Waals surface area contributed by atoms with Gasteiger partial charge in [-0.15, -0.1) is 0 Å². The lowest BCUT2D eigenvalue weighted by atomic mass is 9.69. The molecule has 0 aromatic heterocycles. The van der Waals surface area contributed by atoms with E-state index < -0.39 is 0 Å². The Morgan fingerprint density at radius 2 is 2.11 bits per heavy atom. The standard InChI is InChI=1S/C16H24FN/c1-3-12-5-6-13(10-18)16(8-12)15-9-14(17)7-4-11(15)2/h4,7,9,12-13,16H,3,5-6,8,10,18H2,1-2H3. The average Bonchev–Trinajstić information content (AvgIpc) is 2.40. The molecule has 1 aromatic rings. The molecule has 3 atom stereocenters. The zero-order valence-electron chi connectivity index (χ0n) is 11.5. The van der Waals surface area contributed by atoms with Gasteiger partial charge >= 0.3 is 0 Å². The summed E-state index contributed by atoms with van der Waals surface area (Å²) in [6.45, 7) is 5.05. The molecular formula is C16H24FN. The average molecular weight is 249 g/mol. The van der Waals surface area contributed by atoms with Crippen molar-refractivity contribution < 1.29 is 4.39 Å². The van der Waals surface area contributed by atoms with Crippen LogP contribution < -0.4 is 5.73 Å². The van der Waals surface area contributed by atoms with Crippen molar-refractivity contribution in [3.63, 3.8) is 0 Å². The first kappa shape index (κ1) is 13.5. The second-order valence-corrected chi connectivity index (χ2v) is 5.69. The summed E-state index contributed by atoms with van der Waals surface area (Å²) in [6.07, 6.45) is 4.86. The zero-order chi connectivity index (χ0) is 13.1.